The highest BCUT2D eigenvalue weighted by molar-refractivity contribution is 7.90. The van der Waals surface area contributed by atoms with Gasteiger partial charge in [0.05, 0.1) is 28.9 Å². The maximum Gasteiger partial charge on any atom is 0.243 e. The molecule has 0 bridgehead atoms. The molecule has 1 aromatic carbocycles. The van der Waals surface area contributed by atoms with Gasteiger partial charge in [-0.1, -0.05) is 12.1 Å². The third-order valence-corrected chi connectivity index (χ3v) is 5.52. The summed E-state index contributed by atoms with van der Waals surface area (Å²) in [6, 6.07) is 8.62. The van der Waals surface area contributed by atoms with E-state index in [-0.39, 0.29) is 11.9 Å². The number of carbonyl (C=O) groups excluding carboxylic acids is 1. The van der Waals surface area contributed by atoms with Gasteiger partial charge in [-0.15, -0.1) is 0 Å². The number of nitrogens with zero attached hydrogens (tertiary/aromatic N) is 1. The lowest BCUT2D eigenvalue weighted by Crippen LogP contribution is -2.45. The number of rotatable bonds is 5. The number of nitrogens with one attached hydrogen (secondary N) is 1. The average molecular weight is 350 g/mol. The van der Waals surface area contributed by atoms with E-state index in [1.165, 1.54) is 0 Å². The molecule has 2 rings (SSSR count). The molecule has 1 saturated heterocycles. The van der Waals surface area contributed by atoms with Crippen molar-refractivity contribution in [2.24, 2.45) is 0 Å². The van der Waals surface area contributed by atoms with Crippen LogP contribution in [0.2, 0.25) is 0 Å². The summed E-state index contributed by atoms with van der Waals surface area (Å²) in [5.74, 6) is -0.832. The second-order valence-corrected chi connectivity index (χ2v) is 8.29. The zero-order valence-electron chi connectivity index (χ0n) is 13.9. The zero-order chi connectivity index (χ0) is 17.8. The number of ether oxygens (including phenoxy) is 1. The van der Waals surface area contributed by atoms with Crippen LogP contribution >= 0.6 is 0 Å². The number of hydrogen-bond acceptors (Lipinski definition) is 5. The molecule has 24 heavy (non-hydrogen) atoms. The first kappa shape index (κ1) is 18.4. The number of benzene rings is 1. The predicted octanol–water partition coefficient (Wildman–Crippen LogP) is 1.85. The van der Waals surface area contributed by atoms with Crippen LogP contribution in [-0.2, 0) is 25.0 Å². The minimum absolute atomic E-state index is 0.215. The highest BCUT2D eigenvalue weighted by Gasteiger charge is 2.34. The zero-order valence-corrected chi connectivity index (χ0v) is 14.7. The van der Waals surface area contributed by atoms with Gasteiger partial charge in [0, 0.05) is 6.61 Å². The van der Waals surface area contributed by atoms with Gasteiger partial charge in [-0.2, -0.15) is 5.26 Å². The summed E-state index contributed by atoms with van der Waals surface area (Å²) in [5.41, 5.74) is -0.0668. The van der Waals surface area contributed by atoms with Crippen molar-refractivity contribution in [3.05, 3.63) is 35.4 Å². The van der Waals surface area contributed by atoms with E-state index in [2.05, 4.69) is 4.72 Å². The topological polar surface area (TPSA) is 96.3 Å². The molecule has 1 heterocycles. The lowest BCUT2D eigenvalue weighted by atomic mass is 9.83. The first-order chi connectivity index (χ1) is 11.2. The molecular formula is C17H22N2O4S. The highest BCUT2D eigenvalue weighted by atomic mass is 32.2. The maximum atomic E-state index is 12.5. The SMILES string of the molecule is CC(C)(C(=O)NS(=O)(=O)CC1CCCCO1)c1cccc(C#N)c1. The van der Waals surface area contributed by atoms with E-state index >= 15 is 0 Å². The fourth-order valence-corrected chi connectivity index (χ4v) is 3.98. The fraction of sp³-hybridized carbons (Fsp3) is 0.529. The van der Waals surface area contributed by atoms with Crippen LogP contribution in [0.1, 0.15) is 44.2 Å². The molecule has 0 radical (unpaired) electrons. The van der Waals surface area contributed by atoms with Crippen molar-refractivity contribution < 1.29 is 17.9 Å². The summed E-state index contributed by atoms with van der Waals surface area (Å²) in [6.45, 7) is 3.82. The quantitative estimate of drug-likeness (QED) is 0.874. The molecule has 1 atom stereocenters. The Hall–Kier alpha value is -1.91. The smallest absolute Gasteiger partial charge is 0.243 e. The monoisotopic (exact) mass is 350 g/mol. The largest absolute Gasteiger partial charge is 0.377 e. The minimum atomic E-state index is -3.78. The van der Waals surface area contributed by atoms with Gasteiger partial charge in [-0.3, -0.25) is 9.52 Å². The first-order valence-electron chi connectivity index (χ1n) is 7.92. The normalized spacial score (nSPS) is 18.6. The van der Waals surface area contributed by atoms with Crippen LogP contribution in [0.4, 0.5) is 0 Å². The molecule has 6 nitrogen and oxygen atoms in total. The molecule has 1 N–H and O–H groups in total. The summed E-state index contributed by atoms with van der Waals surface area (Å²) in [4.78, 5) is 12.5. The first-order valence-corrected chi connectivity index (χ1v) is 9.57. The Labute approximate surface area is 142 Å². The third-order valence-electron chi connectivity index (χ3n) is 4.21. The van der Waals surface area contributed by atoms with E-state index in [9.17, 15) is 13.2 Å². The van der Waals surface area contributed by atoms with E-state index in [1.54, 1.807) is 38.1 Å². The molecule has 0 spiro atoms. The molecule has 7 heteroatoms. The summed E-state index contributed by atoms with van der Waals surface area (Å²) in [6.07, 6.45) is 2.18. The fourth-order valence-electron chi connectivity index (χ4n) is 2.60. The highest BCUT2D eigenvalue weighted by Crippen LogP contribution is 2.25. The van der Waals surface area contributed by atoms with Gasteiger partial charge in [0.2, 0.25) is 15.9 Å². The van der Waals surface area contributed by atoms with Crippen LogP contribution < -0.4 is 4.72 Å². The Kier molecular flexibility index (Phi) is 5.62. The van der Waals surface area contributed by atoms with Gasteiger partial charge in [0.25, 0.3) is 0 Å². The second kappa shape index (κ2) is 7.32. The van der Waals surface area contributed by atoms with Gasteiger partial charge in [-0.05, 0) is 50.8 Å². The molecule has 1 unspecified atom stereocenters. The number of sulfonamides is 1. The van der Waals surface area contributed by atoms with Crippen LogP contribution in [0, 0.1) is 11.3 Å². The van der Waals surface area contributed by atoms with E-state index < -0.39 is 21.3 Å². The van der Waals surface area contributed by atoms with Crippen molar-refractivity contribution in [1.82, 2.24) is 4.72 Å². The molecule has 0 aromatic heterocycles. The van der Waals surface area contributed by atoms with E-state index in [0.717, 1.165) is 12.8 Å². The summed E-state index contributed by atoms with van der Waals surface area (Å²) >= 11 is 0. The van der Waals surface area contributed by atoms with E-state index in [0.29, 0.717) is 24.2 Å². The van der Waals surface area contributed by atoms with E-state index in [1.807, 2.05) is 6.07 Å². The number of carbonyl (C=O) groups is 1. The van der Waals surface area contributed by atoms with Crippen molar-refractivity contribution in [3.8, 4) is 6.07 Å². The summed E-state index contributed by atoms with van der Waals surface area (Å²) in [7, 11) is -3.78. The standard InChI is InChI=1S/C17H22N2O4S/c1-17(2,14-7-5-6-13(10-14)11-18)16(20)19-24(21,22)12-15-8-3-4-9-23-15/h5-7,10,15H,3-4,8-9,12H2,1-2H3,(H,19,20). The van der Waals surface area contributed by atoms with Gasteiger partial charge >= 0.3 is 0 Å². The van der Waals surface area contributed by atoms with Crippen molar-refractivity contribution in [1.29, 1.82) is 5.26 Å². The Morgan fingerprint density at radius 2 is 2.17 bits per heavy atom. The second-order valence-electron chi connectivity index (χ2n) is 6.52. The predicted molar refractivity (Wildman–Crippen MR) is 89.7 cm³/mol. The number of hydrogen-bond donors (Lipinski definition) is 1. The van der Waals surface area contributed by atoms with Gasteiger partial charge < -0.3 is 4.74 Å². The minimum Gasteiger partial charge on any atom is -0.377 e. The molecule has 1 fully saturated rings. The van der Waals surface area contributed by atoms with Gasteiger partial charge in [-0.25, -0.2) is 8.42 Å². The maximum absolute atomic E-state index is 12.5. The Morgan fingerprint density at radius 3 is 2.79 bits per heavy atom. The molecular weight excluding hydrogens is 328 g/mol. The number of amides is 1. The van der Waals surface area contributed by atoms with Crippen LogP contribution in [-0.4, -0.2) is 32.8 Å². The van der Waals surface area contributed by atoms with E-state index in [4.69, 9.17) is 10.00 Å². The molecule has 1 amide bonds. The number of nitriles is 1. The molecule has 1 aliphatic heterocycles. The molecule has 130 valence electrons. The van der Waals surface area contributed by atoms with Gasteiger partial charge in [0.1, 0.15) is 0 Å². The van der Waals surface area contributed by atoms with Gasteiger partial charge in [0.15, 0.2) is 0 Å². The molecule has 0 saturated carbocycles. The molecule has 1 aliphatic rings. The Morgan fingerprint density at radius 1 is 1.42 bits per heavy atom. The van der Waals surface area contributed by atoms with Crippen molar-refractivity contribution in [2.75, 3.05) is 12.4 Å². The van der Waals surface area contributed by atoms with Crippen LogP contribution in [0.15, 0.2) is 24.3 Å². The Bertz CT molecular complexity index is 744. The summed E-state index contributed by atoms with van der Waals surface area (Å²) in [5, 5.41) is 8.97. The van der Waals surface area contributed by atoms with Crippen LogP contribution in [0.25, 0.3) is 0 Å². The lowest BCUT2D eigenvalue weighted by molar-refractivity contribution is -0.123. The van der Waals surface area contributed by atoms with Crippen molar-refractivity contribution in [3.63, 3.8) is 0 Å². The lowest BCUT2D eigenvalue weighted by Gasteiger charge is -2.26. The van der Waals surface area contributed by atoms with Crippen LogP contribution in [0.3, 0.4) is 0 Å². The molecule has 1 aromatic rings. The summed E-state index contributed by atoms with van der Waals surface area (Å²) < 4.78 is 32.1. The van der Waals surface area contributed by atoms with Crippen LogP contribution in [0.5, 0.6) is 0 Å². The van der Waals surface area contributed by atoms with Crippen molar-refractivity contribution >= 4 is 15.9 Å². The molecule has 0 aliphatic carbocycles. The third kappa shape index (κ3) is 4.56. The average Bonchev–Trinajstić information content (AvgIpc) is 2.54. The van der Waals surface area contributed by atoms with Crippen molar-refractivity contribution in [2.45, 2.75) is 44.6 Å². The Balaban J connectivity index is 2.10.